The third-order valence-electron chi connectivity index (χ3n) is 4.51. The fourth-order valence-electron chi connectivity index (χ4n) is 3.11. The summed E-state index contributed by atoms with van der Waals surface area (Å²) in [5.41, 5.74) is 1.33. The van der Waals surface area contributed by atoms with E-state index in [-0.39, 0.29) is 12.5 Å². The fourth-order valence-corrected chi connectivity index (χ4v) is 3.11. The molecule has 2 aromatic heterocycles. The Morgan fingerprint density at radius 1 is 1.44 bits per heavy atom. The van der Waals surface area contributed by atoms with Gasteiger partial charge in [-0.3, -0.25) is 4.79 Å². The van der Waals surface area contributed by atoms with Gasteiger partial charge in [-0.05, 0) is 25.7 Å². The second-order valence-corrected chi connectivity index (χ2v) is 6.65. The molecule has 2 aromatic rings. The molecule has 3 rings (SSSR count). The normalized spacial score (nSPS) is 20.6. The maximum Gasteiger partial charge on any atom is 0.241 e. The van der Waals surface area contributed by atoms with Gasteiger partial charge in [0.2, 0.25) is 5.91 Å². The average Bonchev–Trinajstić information content (AvgIpc) is 3.22. The Balaban J connectivity index is 1.38. The summed E-state index contributed by atoms with van der Waals surface area (Å²) in [5, 5.41) is 14.6. The third kappa shape index (κ3) is 4.88. The number of rotatable bonds is 7. The highest BCUT2D eigenvalue weighted by Gasteiger charge is 2.21. The third-order valence-corrected chi connectivity index (χ3v) is 4.51. The van der Waals surface area contributed by atoms with Crippen LogP contribution in [0.4, 0.5) is 0 Å². The van der Waals surface area contributed by atoms with Crippen molar-refractivity contribution in [1.29, 1.82) is 0 Å². The number of aromatic nitrogens is 4. The van der Waals surface area contributed by atoms with Crippen molar-refractivity contribution in [1.82, 2.24) is 25.5 Å². The summed E-state index contributed by atoms with van der Waals surface area (Å²) in [4.78, 5) is 12.0. The van der Waals surface area contributed by atoms with Crippen molar-refractivity contribution in [3.05, 3.63) is 18.0 Å². The molecule has 136 valence electrons. The van der Waals surface area contributed by atoms with Crippen LogP contribution in [0.25, 0.3) is 11.5 Å². The zero-order valence-corrected chi connectivity index (χ0v) is 14.8. The van der Waals surface area contributed by atoms with Gasteiger partial charge in [-0.2, -0.15) is 0 Å². The minimum atomic E-state index is -0.120. The number of hydrogen-bond donors (Lipinski definition) is 1. The van der Waals surface area contributed by atoms with Crippen LogP contribution in [-0.4, -0.2) is 45.3 Å². The van der Waals surface area contributed by atoms with E-state index in [0.29, 0.717) is 36.6 Å². The van der Waals surface area contributed by atoms with E-state index in [2.05, 4.69) is 27.7 Å². The van der Waals surface area contributed by atoms with Gasteiger partial charge < -0.3 is 14.6 Å². The predicted molar refractivity (Wildman–Crippen MR) is 90.6 cm³/mol. The van der Waals surface area contributed by atoms with Gasteiger partial charge in [0.15, 0.2) is 11.5 Å². The zero-order chi connectivity index (χ0) is 17.6. The van der Waals surface area contributed by atoms with Crippen LogP contribution in [0.5, 0.6) is 0 Å². The van der Waals surface area contributed by atoms with Gasteiger partial charge in [0, 0.05) is 12.6 Å². The lowest BCUT2D eigenvalue weighted by Crippen LogP contribution is -2.33. The number of carbonyl (C=O) groups is 1. The van der Waals surface area contributed by atoms with Gasteiger partial charge in [-0.1, -0.05) is 30.1 Å². The van der Waals surface area contributed by atoms with Crippen molar-refractivity contribution >= 4 is 5.91 Å². The Bertz CT molecular complexity index is 696. The number of aryl methyl sites for hydroxylation is 1. The van der Waals surface area contributed by atoms with Gasteiger partial charge in [0.05, 0.1) is 24.6 Å². The lowest BCUT2D eigenvalue weighted by atomic mass is 9.88. The summed E-state index contributed by atoms with van der Waals surface area (Å²) >= 11 is 0. The number of carbonyl (C=O) groups excluding carboxylic acids is 1. The largest absolute Gasteiger partial charge is 0.376 e. The topological polar surface area (TPSA) is 95.1 Å². The molecule has 0 aromatic carbocycles. The average molecular weight is 347 g/mol. The summed E-state index contributed by atoms with van der Waals surface area (Å²) < 4.78 is 12.5. The molecule has 0 spiro atoms. The Morgan fingerprint density at radius 2 is 2.28 bits per heavy atom. The van der Waals surface area contributed by atoms with E-state index in [1.807, 2.05) is 6.92 Å². The van der Waals surface area contributed by atoms with Crippen LogP contribution in [0, 0.1) is 12.8 Å². The molecule has 2 unspecified atom stereocenters. The molecular formula is C17H25N5O3. The molecule has 1 fully saturated rings. The van der Waals surface area contributed by atoms with Crippen LogP contribution >= 0.6 is 0 Å². The van der Waals surface area contributed by atoms with Gasteiger partial charge in [-0.25, -0.2) is 4.68 Å². The quantitative estimate of drug-likeness (QED) is 0.769. The minimum Gasteiger partial charge on any atom is -0.376 e. The summed E-state index contributed by atoms with van der Waals surface area (Å²) in [6.07, 6.45) is 6.88. The molecule has 1 amide bonds. The van der Waals surface area contributed by atoms with Crippen molar-refractivity contribution in [3.8, 4) is 11.5 Å². The van der Waals surface area contributed by atoms with Crippen molar-refractivity contribution < 1.29 is 14.1 Å². The Labute approximate surface area is 146 Å². The van der Waals surface area contributed by atoms with E-state index < -0.39 is 0 Å². The van der Waals surface area contributed by atoms with Gasteiger partial charge in [0.25, 0.3) is 0 Å². The van der Waals surface area contributed by atoms with E-state index in [4.69, 9.17) is 9.26 Å². The Hall–Kier alpha value is -2.22. The Morgan fingerprint density at radius 3 is 3.04 bits per heavy atom. The number of amides is 1. The molecule has 0 aliphatic heterocycles. The molecule has 2 heterocycles. The van der Waals surface area contributed by atoms with E-state index in [9.17, 15) is 4.79 Å². The second-order valence-electron chi connectivity index (χ2n) is 6.65. The highest BCUT2D eigenvalue weighted by molar-refractivity contribution is 5.75. The number of hydrogen-bond acceptors (Lipinski definition) is 6. The molecule has 0 bridgehead atoms. The second kappa shape index (κ2) is 8.24. The van der Waals surface area contributed by atoms with Crippen LogP contribution in [0.15, 0.2) is 16.8 Å². The summed E-state index contributed by atoms with van der Waals surface area (Å²) in [6, 6.07) is 1.78. The summed E-state index contributed by atoms with van der Waals surface area (Å²) in [6.45, 7) is 5.23. The number of nitrogens with one attached hydrogen (secondary N) is 1. The molecule has 2 atom stereocenters. The molecule has 1 aliphatic rings. The molecule has 25 heavy (non-hydrogen) atoms. The molecule has 0 radical (unpaired) electrons. The first-order valence-electron chi connectivity index (χ1n) is 8.84. The monoisotopic (exact) mass is 347 g/mol. The maximum absolute atomic E-state index is 12.0. The Kier molecular flexibility index (Phi) is 5.80. The molecule has 8 heteroatoms. The summed E-state index contributed by atoms with van der Waals surface area (Å²) in [7, 11) is 0. The highest BCUT2D eigenvalue weighted by Crippen LogP contribution is 2.25. The van der Waals surface area contributed by atoms with Crippen molar-refractivity contribution in [2.75, 3.05) is 13.2 Å². The minimum absolute atomic E-state index is 0.111. The standard InChI is InChI=1S/C17H25N5O3/c1-12-5-3-4-6-15(12)24-8-7-18-17(23)11-22-10-14(19-21-22)16-9-13(2)20-25-16/h9-10,12,15H,3-8,11H2,1-2H3,(H,18,23). The van der Waals surface area contributed by atoms with Crippen molar-refractivity contribution in [3.63, 3.8) is 0 Å². The first-order valence-corrected chi connectivity index (χ1v) is 8.84. The van der Waals surface area contributed by atoms with E-state index >= 15 is 0 Å². The van der Waals surface area contributed by atoms with Crippen molar-refractivity contribution in [2.24, 2.45) is 5.92 Å². The maximum atomic E-state index is 12.0. The first-order chi connectivity index (χ1) is 12.1. The van der Waals surface area contributed by atoms with Crippen LogP contribution < -0.4 is 5.32 Å². The van der Waals surface area contributed by atoms with Crippen LogP contribution in [-0.2, 0) is 16.1 Å². The SMILES string of the molecule is Cc1cc(-c2cn(CC(=O)NCCOC3CCCCC3C)nn2)on1. The smallest absolute Gasteiger partial charge is 0.241 e. The molecule has 8 nitrogen and oxygen atoms in total. The van der Waals surface area contributed by atoms with E-state index in [1.54, 1.807) is 12.3 Å². The zero-order valence-electron chi connectivity index (χ0n) is 14.8. The van der Waals surface area contributed by atoms with E-state index in [1.165, 1.54) is 23.9 Å². The lowest BCUT2D eigenvalue weighted by Gasteiger charge is -2.28. The first kappa shape index (κ1) is 17.6. The van der Waals surface area contributed by atoms with Gasteiger partial charge in [-0.15, -0.1) is 5.10 Å². The number of ether oxygens (including phenoxy) is 1. The lowest BCUT2D eigenvalue weighted by molar-refractivity contribution is -0.122. The fraction of sp³-hybridized carbons (Fsp3) is 0.647. The van der Waals surface area contributed by atoms with Crippen molar-refractivity contribution in [2.45, 2.75) is 52.2 Å². The molecule has 1 N–H and O–H groups in total. The van der Waals surface area contributed by atoms with Crippen LogP contribution in [0.2, 0.25) is 0 Å². The van der Waals surface area contributed by atoms with E-state index in [0.717, 1.165) is 12.1 Å². The molecule has 0 saturated heterocycles. The summed E-state index contributed by atoms with van der Waals surface area (Å²) in [5.74, 6) is 1.03. The predicted octanol–water partition coefficient (Wildman–Crippen LogP) is 1.95. The molecular weight excluding hydrogens is 322 g/mol. The highest BCUT2D eigenvalue weighted by atomic mass is 16.5. The van der Waals surface area contributed by atoms with Gasteiger partial charge >= 0.3 is 0 Å². The van der Waals surface area contributed by atoms with Crippen LogP contribution in [0.1, 0.15) is 38.3 Å². The van der Waals surface area contributed by atoms with Gasteiger partial charge in [0.1, 0.15) is 6.54 Å². The molecule has 1 saturated carbocycles. The van der Waals surface area contributed by atoms with Crippen LogP contribution in [0.3, 0.4) is 0 Å². The molecule has 1 aliphatic carbocycles. The number of nitrogens with zero attached hydrogens (tertiary/aromatic N) is 4.